The minimum absolute atomic E-state index is 0.280. The first-order valence-electron chi connectivity index (χ1n) is 11.5. The van der Waals surface area contributed by atoms with Gasteiger partial charge in [0.05, 0.1) is 0 Å². The fourth-order valence-corrected chi connectivity index (χ4v) is 14.9. The molecule has 1 fully saturated rings. The van der Waals surface area contributed by atoms with E-state index in [4.69, 9.17) is 0 Å². The maximum absolute atomic E-state index is 4.13. The third-order valence-electron chi connectivity index (χ3n) is 7.19. The van der Waals surface area contributed by atoms with Crippen LogP contribution in [0, 0.1) is 5.92 Å². The Morgan fingerprint density at radius 2 is 1.89 bits per heavy atom. The van der Waals surface area contributed by atoms with Gasteiger partial charge in [-0.25, -0.2) is 0 Å². The maximum atomic E-state index is 4.13. The molecule has 1 rings (SSSR count). The third kappa shape index (κ3) is 8.24. The zero-order valence-electron chi connectivity index (χ0n) is 19.8. The molecule has 1 saturated carbocycles. The van der Waals surface area contributed by atoms with Crippen LogP contribution in [-0.4, -0.2) is 61.1 Å². The summed E-state index contributed by atoms with van der Waals surface area (Å²) in [5, 5.41) is 0. The topological polar surface area (TPSA) is 3.01 Å². The summed E-state index contributed by atoms with van der Waals surface area (Å²) in [7, 11) is 1.50. The molecule has 28 heavy (non-hydrogen) atoms. The van der Waals surface area contributed by atoms with Crippen LogP contribution >= 0.6 is 15.2 Å². The zero-order chi connectivity index (χ0) is 21.2. The molecular weight excluding hydrogens is 376 g/mol. The average molecular weight is 425 g/mol. The van der Waals surface area contributed by atoms with Gasteiger partial charge in [-0.15, -0.1) is 0 Å². The second-order valence-corrected chi connectivity index (χ2v) is 17.7. The molecule has 0 spiro atoms. The van der Waals surface area contributed by atoms with E-state index in [0.717, 1.165) is 11.5 Å². The fourth-order valence-electron chi connectivity index (χ4n) is 4.74. The van der Waals surface area contributed by atoms with Crippen LogP contribution in [0.2, 0.25) is 0 Å². The van der Waals surface area contributed by atoms with Crippen LogP contribution in [0.4, 0.5) is 0 Å². The molecule has 3 atom stereocenters. The molecule has 0 aromatic carbocycles. The average Bonchev–Trinajstić information content (AvgIpc) is 2.70. The van der Waals surface area contributed by atoms with E-state index in [9.17, 15) is 0 Å². The first-order valence-corrected chi connectivity index (χ1v) is 16.5. The fraction of sp³-hybridized carbons (Fsp3) is 0.720. The van der Waals surface area contributed by atoms with Gasteiger partial charge in [-0.2, -0.15) is 0 Å². The van der Waals surface area contributed by atoms with Crippen molar-refractivity contribution < 1.29 is 4.58 Å². The number of hydrogen-bond acceptors (Lipinski definition) is 0. The second kappa shape index (κ2) is 13.1. The molecule has 1 aliphatic carbocycles. The van der Waals surface area contributed by atoms with E-state index in [1.807, 2.05) is 6.08 Å². The first kappa shape index (κ1) is 25.8. The first-order chi connectivity index (χ1) is 13.3. The van der Waals surface area contributed by atoms with Crippen LogP contribution < -0.4 is 0 Å². The molecule has 0 bridgehead atoms. The van der Waals surface area contributed by atoms with Crippen molar-refractivity contribution in [1.29, 1.82) is 0 Å². The van der Waals surface area contributed by atoms with E-state index in [1.54, 1.807) is 12.1 Å². The summed E-state index contributed by atoms with van der Waals surface area (Å²) in [6.07, 6.45) is 19.3. The SMILES string of the molecule is C=C/C=C(\C=[N+](/C)[C@@H]1CCC[C@@H](CC[PH](CC)(CC)CP(C)CC)C1)C(=C)C. The Bertz CT molecular complexity index is 557. The summed E-state index contributed by atoms with van der Waals surface area (Å²) in [5.74, 6) is 2.55. The molecule has 0 saturated heterocycles. The van der Waals surface area contributed by atoms with Crippen molar-refractivity contribution in [1.82, 2.24) is 0 Å². The quantitative estimate of drug-likeness (QED) is 0.135. The van der Waals surface area contributed by atoms with E-state index in [0.29, 0.717) is 6.04 Å². The Labute approximate surface area is 178 Å². The molecule has 0 aliphatic heterocycles. The van der Waals surface area contributed by atoms with Gasteiger partial charge in [0.15, 0.2) is 0 Å². The van der Waals surface area contributed by atoms with Gasteiger partial charge in [-0.3, -0.25) is 0 Å². The molecular formula is C25H48NP2+. The molecule has 0 N–H and O–H groups in total. The van der Waals surface area contributed by atoms with E-state index in [-0.39, 0.29) is 7.92 Å². The van der Waals surface area contributed by atoms with E-state index < -0.39 is 7.26 Å². The van der Waals surface area contributed by atoms with Gasteiger partial charge in [0.25, 0.3) is 0 Å². The van der Waals surface area contributed by atoms with E-state index in [1.165, 1.54) is 56.2 Å². The van der Waals surface area contributed by atoms with Crippen LogP contribution in [0.25, 0.3) is 0 Å². The molecule has 1 unspecified atom stereocenters. The van der Waals surface area contributed by atoms with Crippen molar-refractivity contribution in [2.75, 3.05) is 44.3 Å². The summed E-state index contributed by atoms with van der Waals surface area (Å²) in [4.78, 5) is 0. The summed E-state index contributed by atoms with van der Waals surface area (Å²) in [6.45, 7) is 20.0. The Balaban J connectivity index is 2.75. The molecule has 3 heteroatoms. The molecule has 162 valence electrons. The van der Waals surface area contributed by atoms with Gasteiger partial charge in [0, 0.05) is 0 Å². The van der Waals surface area contributed by atoms with Crippen LogP contribution in [0.15, 0.2) is 36.5 Å². The van der Waals surface area contributed by atoms with Gasteiger partial charge in [-0.1, -0.05) is 0 Å². The van der Waals surface area contributed by atoms with Crippen molar-refractivity contribution in [3.05, 3.63) is 36.5 Å². The normalized spacial score (nSPS) is 23.4. The van der Waals surface area contributed by atoms with Gasteiger partial charge in [0.1, 0.15) is 0 Å². The molecule has 0 amide bonds. The Morgan fingerprint density at radius 1 is 1.21 bits per heavy atom. The van der Waals surface area contributed by atoms with Crippen LogP contribution in [0.5, 0.6) is 0 Å². The number of hydrogen-bond donors (Lipinski definition) is 0. The Hall–Kier alpha value is -0.250. The summed E-state index contributed by atoms with van der Waals surface area (Å²) in [6, 6.07) is 0.685. The Kier molecular flexibility index (Phi) is 12.1. The van der Waals surface area contributed by atoms with Crippen molar-refractivity contribution in [3.8, 4) is 0 Å². The summed E-state index contributed by atoms with van der Waals surface area (Å²) in [5.41, 5.74) is 2.33. The number of nitrogens with zero attached hydrogens (tertiary/aromatic N) is 1. The van der Waals surface area contributed by atoms with E-state index in [2.05, 4.69) is 71.4 Å². The predicted octanol–water partition coefficient (Wildman–Crippen LogP) is 7.22. The van der Waals surface area contributed by atoms with Crippen molar-refractivity contribution in [3.63, 3.8) is 0 Å². The zero-order valence-corrected chi connectivity index (χ0v) is 21.7. The monoisotopic (exact) mass is 424 g/mol. The molecule has 0 aromatic heterocycles. The van der Waals surface area contributed by atoms with Crippen LogP contribution in [0.3, 0.4) is 0 Å². The molecule has 0 heterocycles. The van der Waals surface area contributed by atoms with Gasteiger partial charge in [-0.05, 0) is 0 Å². The standard InChI is InChI=1S/C25H48NP2/c1-9-14-24(22(5)6)20-26(7)25-16-13-15-23(19-25)17-18-28(11-3,12-4)21-27(8)10-2/h9,14,20,23,25,28H,1,5,10-13,15-19,21H2,2-4,6-8H3/q+1/b24-14+,26-20+/t23-,25+,27?/m0/s1. The minimum atomic E-state index is -1.04. The van der Waals surface area contributed by atoms with Crippen molar-refractivity contribution in [2.24, 2.45) is 5.92 Å². The van der Waals surface area contributed by atoms with Crippen LogP contribution in [-0.2, 0) is 0 Å². The number of allylic oxidation sites excluding steroid dienone is 4. The molecule has 1 aliphatic rings. The third-order valence-corrected chi connectivity index (χ3v) is 17.5. The van der Waals surface area contributed by atoms with Gasteiger partial charge >= 0.3 is 178 Å². The summed E-state index contributed by atoms with van der Waals surface area (Å²) < 4.78 is 2.46. The van der Waals surface area contributed by atoms with Crippen molar-refractivity contribution >= 4 is 21.4 Å². The summed E-state index contributed by atoms with van der Waals surface area (Å²) >= 11 is 0. The molecule has 0 aromatic rings. The van der Waals surface area contributed by atoms with Gasteiger partial charge < -0.3 is 0 Å². The van der Waals surface area contributed by atoms with Gasteiger partial charge in [0.2, 0.25) is 0 Å². The van der Waals surface area contributed by atoms with Crippen molar-refractivity contribution in [2.45, 2.75) is 65.8 Å². The molecule has 1 nitrogen and oxygen atoms in total. The molecule has 0 radical (unpaired) electrons. The second-order valence-electron chi connectivity index (χ2n) is 9.20. The predicted molar refractivity (Wildman–Crippen MR) is 138 cm³/mol. The van der Waals surface area contributed by atoms with E-state index >= 15 is 0 Å². The Morgan fingerprint density at radius 3 is 2.43 bits per heavy atom. The van der Waals surface area contributed by atoms with Crippen LogP contribution in [0.1, 0.15) is 59.8 Å². The number of rotatable bonds is 12.